The van der Waals surface area contributed by atoms with Gasteiger partial charge in [-0.05, 0) is 42.3 Å². The number of likely N-dealkylation sites (N-methyl/N-ethyl adjacent to an activating group) is 1. The van der Waals surface area contributed by atoms with E-state index in [0.29, 0.717) is 5.56 Å². The lowest BCUT2D eigenvalue weighted by Crippen LogP contribution is -2.50. The number of aliphatic hydroxyl groups is 1. The standard InChI is InChI=1S/C29H33N3O5S/c1-21-18-32(22(2)20-33)38(35,36)28-14-13-24(12-11-23-8-5-4-6-9-23)16-26(28)37-27(21)19-31(3)29(34)25-10-7-15-30-17-25/h4-17,21-22,27,33H,18-20H2,1-3H3/b12-11+/t21-,22-,27+/m1/s1. The molecule has 38 heavy (non-hydrogen) atoms. The highest BCUT2D eigenvalue weighted by Crippen LogP contribution is 2.34. The van der Waals surface area contributed by atoms with Gasteiger partial charge in [0.05, 0.1) is 18.7 Å². The molecule has 0 saturated heterocycles. The molecular formula is C29H33N3O5S. The minimum atomic E-state index is -3.95. The Hall–Kier alpha value is -3.53. The summed E-state index contributed by atoms with van der Waals surface area (Å²) >= 11 is 0. The molecule has 0 radical (unpaired) electrons. The number of benzene rings is 2. The summed E-state index contributed by atoms with van der Waals surface area (Å²) in [5.41, 5.74) is 2.24. The highest BCUT2D eigenvalue weighted by molar-refractivity contribution is 7.89. The minimum absolute atomic E-state index is 0.0350. The third kappa shape index (κ3) is 6.12. The number of hydrogen-bond donors (Lipinski definition) is 1. The number of amides is 1. The Morgan fingerprint density at radius 3 is 2.58 bits per heavy atom. The molecule has 9 heteroatoms. The lowest BCUT2D eigenvalue weighted by Gasteiger charge is -2.37. The number of hydrogen-bond acceptors (Lipinski definition) is 6. The zero-order valence-corrected chi connectivity index (χ0v) is 22.6. The molecule has 1 aliphatic rings. The fourth-order valence-corrected chi connectivity index (χ4v) is 6.21. The maximum absolute atomic E-state index is 13.7. The Morgan fingerprint density at radius 2 is 1.89 bits per heavy atom. The van der Waals surface area contributed by atoms with E-state index in [-0.39, 0.29) is 42.2 Å². The highest BCUT2D eigenvalue weighted by Gasteiger charge is 2.38. The van der Waals surface area contributed by atoms with E-state index in [0.717, 1.165) is 11.1 Å². The molecule has 0 unspecified atom stereocenters. The molecule has 200 valence electrons. The Balaban J connectivity index is 1.70. The zero-order chi connectivity index (χ0) is 27.3. The number of fused-ring (bicyclic) bond motifs is 1. The van der Waals surface area contributed by atoms with Crippen LogP contribution < -0.4 is 4.74 Å². The van der Waals surface area contributed by atoms with Crippen LogP contribution in [0.2, 0.25) is 0 Å². The molecule has 0 aliphatic carbocycles. The van der Waals surface area contributed by atoms with E-state index in [2.05, 4.69) is 4.98 Å². The van der Waals surface area contributed by atoms with Crippen LogP contribution in [0.5, 0.6) is 5.75 Å². The van der Waals surface area contributed by atoms with Crippen LogP contribution in [0.15, 0.2) is 78.0 Å². The summed E-state index contributed by atoms with van der Waals surface area (Å²) in [5, 5.41) is 9.84. The summed E-state index contributed by atoms with van der Waals surface area (Å²) in [6.45, 7) is 3.63. The Kier molecular flexibility index (Phi) is 8.61. The van der Waals surface area contributed by atoms with Gasteiger partial charge in [0.2, 0.25) is 10.0 Å². The molecule has 0 saturated carbocycles. The van der Waals surface area contributed by atoms with Gasteiger partial charge in [-0.1, -0.05) is 55.5 Å². The van der Waals surface area contributed by atoms with E-state index >= 15 is 0 Å². The molecule has 2 aromatic carbocycles. The predicted octanol–water partition coefficient (Wildman–Crippen LogP) is 3.79. The quantitative estimate of drug-likeness (QED) is 0.462. The van der Waals surface area contributed by atoms with Crippen molar-refractivity contribution in [3.05, 3.63) is 89.7 Å². The van der Waals surface area contributed by atoms with Gasteiger partial charge in [-0.15, -0.1) is 0 Å². The first-order valence-electron chi connectivity index (χ1n) is 12.5. The Labute approximate surface area is 224 Å². The summed E-state index contributed by atoms with van der Waals surface area (Å²) in [5.74, 6) is -0.266. The second-order valence-corrected chi connectivity index (χ2v) is 11.5. The van der Waals surface area contributed by atoms with Gasteiger partial charge in [0.1, 0.15) is 16.7 Å². The van der Waals surface area contributed by atoms with Crippen molar-refractivity contribution in [2.45, 2.75) is 30.9 Å². The number of carbonyl (C=O) groups excluding carboxylic acids is 1. The SMILES string of the molecule is C[C@@H]1CN([C@H](C)CO)S(=O)(=O)c2ccc(/C=C/c3ccccc3)cc2O[C@H]1CN(C)C(=O)c1cccnc1. The van der Waals surface area contributed by atoms with Crippen LogP contribution in [0.4, 0.5) is 0 Å². The van der Waals surface area contributed by atoms with E-state index in [1.54, 1.807) is 55.4 Å². The maximum atomic E-state index is 13.7. The van der Waals surface area contributed by atoms with Gasteiger partial charge in [-0.3, -0.25) is 9.78 Å². The van der Waals surface area contributed by atoms with E-state index in [4.69, 9.17) is 4.74 Å². The van der Waals surface area contributed by atoms with Crippen molar-refractivity contribution < 1.29 is 23.1 Å². The first-order chi connectivity index (χ1) is 18.2. The Morgan fingerprint density at radius 1 is 1.16 bits per heavy atom. The molecule has 0 bridgehead atoms. The fourth-order valence-electron chi connectivity index (χ4n) is 4.38. The van der Waals surface area contributed by atoms with Gasteiger partial charge < -0.3 is 14.7 Å². The summed E-state index contributed by atoms with van der Waals surface area (Å²) in [6.07, 6.45) is 6.46. The number of pyridine rings is 1. The second-order valence-electron chi connectivity index (χ2n) is 9.62. The van der Waals surface area contributed by atoms with Gasteiger partial charge in [0, 0.05) is 37.9 Å². The summed E-state index contributed by atoms with van der Waals surface area (Å²) in [4.78, 5) is 18.6. The maximum Gasteiger partial charge on any atom is 0.255 e. The first kappa shape index (κ1) is 27.5. The van der Waals surface area contributed by atoms with Gasteiger partial charge in [0.25, 0.3) is 5.91 Å². The Bertz CT molecular complexity index is 1380. The van der Waals surface area contributed by atoms with E-state index in [1.165, 1.54) is 10.5 Å². The third-order valence-electron chi connectivity index (χ3n) is 6.67. The summed E-state index contributed by atoms with van der Waals surface area (Å²) in [6, 6.07) is 17.6. The number of nitrogens with zero attached hydrogens (tertiary/aromatic N) is 3. The molecule has 3 aromatic rings. The summed E-state index contributed by atoms with van der Waals surface area (Å²) < 4.78 is 35.1. The monoisotopic (exact) mass is 535 g/mol. The van der Waals surface area contributed by atoms with Crippen LogP contribution in [0.3, 0.4) is 0 Å². The van der Waals surface area contributed by atoms with Crippen LogP contribution >= 0.6 is 0 Å². The van der Waals surface area contributed by atoms with Crippen molar-refractivity contribution in [1.82, 2.24) is 14.2 Å². The molecule has 1 aromatic heterocycles. The second kappa shape index (κ2) is 11.9. The van der Waals surface area contributed by atoms with Crippen molar-refractivity contribution in [3.8, 4) is 5.75 Å². The molecule has 0 fully saturated rings. The minimum Gasteiger partial charge on any atom is -0.487 e. The lowest BCUT2D eigenvalue weighted by molar-refractivity contribution is 0.0563. The van der Waals surface area contributed by atoms with Crippen molar-refractivity contribution in [1.29, 1.82) is 0 Å². The number of aromatic nitrogens is 1. The van der Waals surface area contributed by atoms with E-state index in [9.17, 15) is 18.3 Å². The van der Waals surface area contributed by atoms with Crippen molar-refractivity contribution >= 4 is 28.1 Å². The average Bonchev–Trinajstić information content (AvgIpc) is 2.93. The van der Waals surface area contributed by atoms with Crippen LogP contribution in [0.1, 0.15) is 35.3 Å². The highest BCUT2D eigenvalue weighted by atomic mass is 32.2. The van der Waals surface area contributed by atoms with Crippen LogP contribution in [-0.4, -0.2) is 72.5 Å². The molecule has 1 N–H and O–H groups in total. The molecule has 4 rings (SSSR count). The lowest BCUT2D eigenvalue weighted by atomic mass is 10.0. The molecule has 1 aliphatic heterocycles. The smallest absolute Gasteiger partial charge is 0.255 e. The molecular weight excluding hydrogens is 502 g/mol. The predicted molar refractivity (Wildman–Crippen MR) is 147 cm³/mol. The fraction of sp³-hybridized carbons (Fsp3) is 0.310. The molecule has 1 amide bonds. The third-order valence-corrected chi connectivity index (χ3v) is 8.69. The number of carbonyl (C=O) groups is 1. The number of rotatable bonds is 7. The number of aliphatic hydroxyl groups excluding tert-OH is 1. The van der Waals surface area contributed by atoms with Gasteiger partial charge in [-0.2, -0.15) is 4.31 Å². The molecule has 8 nitrogen and oxygen atoms in total. The van der Waals surface area contributed by atoms with Gasteiger partial charge in [-0.25, -0.2) is 8.42 Å². The van der Waals surface area contributed by atoms with E-state index < -0.39 is 22.2 Å². The van der Waals surface area contributed by atoms with Crippen LogP contribution in [-0.2, 0) is 10.0 Å². The normalized spacial score (nSPS) is 20.1. The first-order valence-corrected chi connectivity index (χ1v) is 14.0. The van der Waals surface area contributed by atoms with Crippen LogP contribution in [0.25, 0.3) is 12.2 Å². The van der Waals surface area contributed by atoms with Crippen LogP contribution in [0, 0.1) is 5.92 Å². The van der Waals surface area contributed by atoms with Gasteiger partial charge in [0.15, 0.2) is 0 Å². The van der Waals surface area contributed by atoms with Crippen molar-refractivity contribution in [2.24, 2.45) is 5.92 Å². The molecule has 2 heterocycles. The summed E-state index contributed by atoms with van der Waals surface area (Å²) in [7, 11) is -2.26. The van der Waals surface area contributed by atoms with Crippen molar-refractivity contribution in [2.75, 3.05) is 26.7 Å². The largest absolute Gasteiger partial charge is 0.487 e. The molecule has 0 spiro atoms. The van der Waals surface area contributed by atoms with Gasteiger partial charge >= 0.3 is 0 Å². The average molecular weight is 536 g/mol. The van der Waals surface area contributed by atoms with E-state index in [1.807, 2.05) is 49.4 Å². The topological polar surface area (TPSA) is 100 Å². The zero-order valence-electron chi connectivity index (χ0n) is 21.8. The number of sulfonamides is 1. The molecule has 3 atom stereocenters. The van der Waals surface area contributed by atoms with Crippen molar-refractivity contribution in [3.63, 3.8) is 0 Å². The number of ether oxygens (including phenoxy) is 1.